The van der Waals surface area contributed by atoms with E-state index < -0.39 is 0 Å². The quantitative estimate of drug-likeness (QED) is 0.800. The molecule has 1 fully saturated rings. The largest absolute Gasteiger partial charge is 0.378 e. The average Bonchev–Trinajstić information content (AvgIpc) is 2.58. The standard InChI is InChI=1S/C18H21N2O2/c21-18(20-10-12-22-13-11-20)15-19-8-6-17(7-9-19)14-16-4-2-1-3-5-16/h1-9H,10-15H2/q+1. The van der Waals surface area contributed by atoms with Gasteiger partial charge >= 0.3 is 0 Å². The maximum Gasteiger partial charge on any atom is 0.288 e. The Morgan fingerprint density at radius 2 is 1.64 bits per heavy atom. The highest BCUT2D eigenvalue weighted by Gasteiger charge is 2.20. The summed E-state index contributed by atoms with van der Waals surface area (Å²) in [6.45, 7) is 3.08. The summed E-state index contributed by atoms with van der Waals surface area (Å²) in [4.78, 5) is 14.1. The first-order valence-electron chi connectivity index (χ1n) is 7.69. The van der Waals surface area contributed by atoms with E-state index in [4.69, 9.17) is 4.74 Å². The maximum atomic E-state index is 12.2. The second kappa shape index (κ2) is 7.18. The van der Waals surface area contributed by atoms with Crippen LogP contribution in [0.2, 0.25) is 0 Å². The Balaban J connectivity index is 1.58. The van der Waals surface area contributed by atoms with Gasteiger partial charge in [-0.2, -0.15) is 4.57 Å². The number of ether oxygens (including phenoxy) is 1. The van der Waals surface area contributed by atoms with Crippen molar-refractivity contribution in [3.8, 4) is 0 Å². The average molecular weight is 297 g/mol. The van der Waals surface area contributed by atoms with Gasteiger partial charge in [0.1, 0.15) is 0 Å². The highest BCUT2D eigenvalue weighted by molar-refractivity contribution is 5.74. The van der Waals surface area contributed by atoms with Gasteiger partial charge in [-0.1, -0.05) is 30.3 Å². The number of nitrogens with zero attached hydrogens (tertiary/aromatic N) is 2. The number of hydrogen-bond acceptors (Lipinski definition) is 2. The molecule has 114 valence electrons. The predicted molar refractivity (Wildman–Crippen MR) is 83.3 cm³/mol. The lowest BCUT2D eigenvalue weighted by Crippen LogP contribution is -2.48. The molecule has 0 spiro atoms. The van der Waals surface area contributed by atoms with Crippen LogP contribution >= 0.6 is 0 Å². The first-order valence-corrected chi connectivity index (χ1v) is 7.69. The predicted octanol–water partition coefficient (Wildman–Crippen LogP) is 1.42. The molecule has 4 heteroatoms. The van der Waals surface area contributed by atoms with Crippen molar-refractivity contribution in [1.29, 1.82) is 0 Å². The lowest BCUT2D eigenvalue weighted by atomic mass is 10.1. The number of hydrogen-bond donors (Lipinski definition) is 0. The van der Waals surface area contributed by atoms with E-state index in [0.717, 1.165) is 6.42 Å². The van der Waals surface area contributed by atoms with Crippen molar-refractivity contribution in [2.24, 2.45) is 0 Å². The molecule has 0 aliphatic carbocycles. The topological polar surface area (TPSA) is 33.4 Å². The lowest BCUT2D eigenvalue weighted by Gasteiger charge is -2.25. The van der Waals surface area contributed by atoms with Crippen molar-refractivity contribution in [1.82, 2.24) is 4.90 Å². The van der Waals surface area contributed by atoms with Crippen LogP contribution in [0.3, 0.4) is 0 Å². The Bertz CT molecular complexity index is 605. The van der Waals surface area contributed by atoms with Crippen LogP contribution in [0, 0.1) is 0 Å². The molecule has 0 saturated carbocycles. The fourth-order valence-corrected chi connectivity index (χ4v) is 2.61. The first-order chi connectivity index (χ1) is 10.8. The number of carbonyl (C=O) groups excluding carboxylic acids is 1. The number of aromatic nitrogens is 1. The van der Waals surface area contributed by atoms with Gasteiger partial charge in [-0.05, 0) is 17.5 Å². The molecular formula is C18H21N2O2+. The summed E-state index contributed by atoms with van der Waals surface area (Å²) < 4.78 is 7.21. The minimum Gasteiger partial charge on any atom is -0.378 e. The van der Waals surface area contributed by atoms with Gasteiger partial charge in [0.05, 0.1) is 13.2 Å². The summed E-state index contributed by atoms with van der Waals surface area (Å²) in [5, 5.41) is 0. The Morgan fingerprint density at radius 1 is 1.00 bits per heavy atom. The van der Waals surface area contributed by atoms with E-state index in [0.29, 0.717) is 32.8 Å². The number of amides is 1. The van der Waals surface area contributed by atoms with Crippen LogP contribution in [0.15, 0.2) is 54.9 Å². The van der Waals surface area contributed by atoms with Crippen LogP contribution in [0.5, 0.6) is 0 Å². The van der Waals surface area contributed by atoms with E-state index in [2.05, 4.69) is 36.4 Å². The van der Waals surface area contributed by atoms with Crippen LogP contribution in [0.1, 0.15) is 11.1 Å². The van der Waals surface area contributed by atoms with Crippen LogP contribution in [0.4, 0.5) is 0 Å². The zero-order valence-electron chi connectivity index (χ0n) is 12.6. The molecule has 1 saturated heterocycles. The van der Waals surface area contributed by atoms with E-state index >= 15 is 0 Å². The first kappa shape index (κ1) is 14.7. The van der Waals surface area contributed by atoms with Crippen molar-refractivity contribution >= 4 is 5.91 Å². The molecule has 3 rings (SSSR count). The van der Waals surface area contributed by atoms with Crippen LogP contribution < -0.4 is 4.57 Å². The molecule has 0 radical (unpaired) electrons. The minimum atomic E-state index is 0.157. The zero-order chi connectivity index (χ0) is 15.2. The van der Waals surface area contributed by atoms with Crippen molar-refractivity contribution in [3.63, 3.8) is 0 Å². The van der Waals surface area contributed by atoms with Gasteiger partial charge in [0, 0.05) is 25.2 Å². The molecule has 0 atom stereocenters. The molecule has 1 amide bonds. The molecule has 4 nitrogen and oxygen atoms in total. The number of morpholine rings is 1. The SMILES string of the molecule is O=C(C[n+]1ccc(Cc2ccccc2)cc1)N1CCOCC1. The smallest absolute Gasteiger partial charge is 0.288 e. The Hall–Kier alpha value is -2.20. The van der Waals surface area contributed by atoms with Gasteiger partial charge in [-0.3, -0.25) is 4.79 Å². The molecule has 1 aliphatic heterocycles. The molecule has 1 aliphatic rings. The highest BCUT2D eigenvalue weighted by Crippen LogP contribution is 2.07. The van der Waals surface area contributed by atoms with Gasteiger partial charge in [-0.15, -0.1) is 0 Å². The molecule has 22 heavy (non-hydrogen) atoms. The molecule has 2 heterocycles. The normalized spacial score (nSPS) is 14.8. The Labute approximate surface area is 131 Å². The number of pyridine rings is 1. The lowest BCUT2D eigenvalue weighted by molar-refractivity contribution is -0.685. The van der Waals surface area contributed by atoms with E-state index in [1.165, 1.54) is 11.1 Å². The summed E-state index contributed by atoms with van der Waals surface area (Å²) in [6, 6.07) is 14.6. The molecular weight excluding hydrogens is 276 g/mol. The van der Waals surface area contributed by atoms with E-state index in [1.807, 2.05) is 27.9 Å². The molecule has 0 N–H and O–H groups in total. The van der Waals surface area contributed by atoms with Crippen molar-refractivity contribution in [3.05, 3.63) is 66.0 Å². The van der Waals surface area contributed by atoms with Gasteiger partial charge in [0.15, 0.2) is 12.4 Å². The van der Waals surface area contributed by atoms with Crippen LogP contribution in [0.25, 0.3) is 0 Å². The third-order valence-electron chi connectivity index (χ3n) is 3.89. The zero-order valence-corrected chi connectivity index (χ0v) is 12.6. The minimum absolute atomic E-state index is 0.157. The number of rotatable bonds is 4. The monoisotopic (exact) mass is 297 g/mol. The maximum absolute atomic E-state index is 12.2. The molecule has 0 bridgehead atoms. The van der Waals surface area contributed by atoms with E-state index in [-0.39, 0.29) is 5.91 Å². The third kappa shape index (κ3) is 3.92. The van der Waals surface area contributed by atoms with Gasteiger partial charge in [-0.25, -0.2) is 0 Å². The summed E-state index contributed by atoms with van der Waals surface area (Å²) >= 11 is 0. The van der Waals surface area contributed by atoms with Crippen LogP contribution in [-0.2, 0) is 22.5 Å². The Kier molecular flexibility index (Phi) is 4.81. The van der Waals surface area contributed by atoms with E-state index in [9.17, 15) is 4.79 Å². The molecule has 2 aromatic rings. The van der Waals surface area contributed by atoms with Gasteiger partial charge in [0.25, 0.3) is 5.91 Å². The third-order valence-corrected chi connectivity index (χ3v) is 3.89. The van der Waals surface area contributed by atoms with Crippen molar-refractivity contribution < 1.29 is 14.1 Å². The fraction of sp³-hybridized carbons (Fsp3) is 0.333. The Morgan fingerprint density at radius 3 is 2.32 bits per heavy atom. The molecule has 1 aromatic carbocycles. The fourth-order valence-electron chi connectivity index (χ4n) is 2.61. The van der Waals surface area contributed by atoms with Crippen molar-refractivity contribution in [2.45, 2.75) is 13.0 Å². The number of benzene rings is 1. The summed E-state index contributed by atoms with van der Waals surface area (Å²) in [6.07, 6.45) is 4.88. The molecule has 1 aromatic heterocycles. The summed E-state index contributed by atoms with van der Waals surface area (Å²) in [5.41, 5.74) is 2.55. The van der Waals surface area contributed by atoms with Gasteiger partial charge < -0.3 is 9.64 Å². The molecule has 0 unspecified atom stereocenters. The van der Waals surface area contributed by atoms with Crippen LogP contribution in [-0.4, -0.2) is 37.1 Å². The van der Waals surface area contributed by atoms with Gasteiger partial charge in [0.2, 0.25) is 6.54 Å². The number of carbonyl (C=O) groups is 1. The second-order valence-electron chi connectivity index (χ2n) is 5.53. The highest BCUT2D eigenvalue weighted by atomic mass is 16.5. The van der Waals surface area contributed by atoms with Crippen molar-refractivity contribution in [2.75, 3.05) is 26.3 Å². The van der Waals surface area contributed by atoms with E-state index in [1.54, 1.807) is 0 Å². The summed E-state index contributed by atoms with van der Waals surface area (Å²) in [7, 11) is 0. The summed E-state index contributed by atoms with van der Waals surface area (Å²) in [5.74, 6) is 0.157. The second-order valence-corrected chi connectivity index (χ2v) is 5.53.